The van der Waals surface area contributed by atoms with Gasteiger partial charge in [-0.05, 0) is 49.2 Å². The Morgan fingerprint density at radius 3 is 2.68 bits per heavy atom. The van der Waals surface area contributed by atoms with Crippen molar-refractivity contribution in [3.05, 3.63) is 58.9 Å². The predicted molar refractivity (Wildman–Crippen MR) is 110 cm³/mol. The van der Waals surface area contributed by atoms with Gasteiger partial charge in [-0.3, -0.25) is 14.5 Å². The van der Waals surface area contributed by atoms with Crippen LogP contribution in [-0.2, 0) is 13.6 Å². The Hall–Kier alpha value is -2.60. The van der Waals surface area contributed by atoms with Crippen LogP contribution in [0.4, 0.5) is 0 Å². The molecular formula is C22H30N4O2. The molecule has 2 heterocycles. The smallest absolute Gasteiger partial charge is 0.267 e. The molecule has 1 atom stereocenters. The van der Waals surface area contributed by atoms with Gasteiger partial charge >= 0.3 is 0 Å². The van der Waals surface area contributed by atoms with Gasteiger partial charge in [-0.2, -0.15) is 0 Å². The third-order valence-corrected chi connectivity index (χ3v) is 5.54. The highest BCUT2D eigenvalue weighted by Gasteiger charge is 2.27. The molecule has 6 heteroatoms. The summed E-state index contributed by atoms with van der Waals surface area (Å²) in [6.45, 7) is 1.80. The molecule has 1 aliphatic rings. The summed E-state index contributed by atoms with van der Waals surface area (Å²) in [5.41, 5.74) is 3.71. The first-order valence-corrected chi connectivity index (χ1v) is 9.84. The Morgan fingerprint density at radius 2 is 1.96 bits per heavy atom. The Bertz CT molecular complexity index is 856. The molecule has 0 radical (unpaired) electrons. The molecule has 0 saturated carbocycles. The van der Waals surface area contributed by atoms with Gasteiger partial charge in [-0.25, -0.2) is 0 Å². The minimum absolute atomic E-state index is 0.0229. The second-order valence-electron chi connectivity index (χ2n) is 7.66. The molecule has 0 spiro atoms. The normalized spacial score (nSPS) is 17.4. The zero-order valence-electron chi connectivity index (χ0n) is 17.2. The van der Waals surface area contributed by atoms with Crippen LogP contribution in [0.15, 0.2) is 36.4 Å². The van der Waals surface area contributed by atoms with Crippen LogP contribution in [0, 0.1) is 0 Å². The first kappa shape index (κ1) is 20.1. The van der Waals surface area contributed by atoms with E-state index in [-0.39, 0.29) is 17.9 Å². The van der Waals surface area contributed by atoms with Gasteiger partial charge in [0, 0.05) is 46.0 Å². The molecule has 2 amide bonds. The standard InChI is InChI=1S/C22H30N4O2/c1-23-21(27)20-12-11-18(25(20)4)19-10-5-6-13-26(19)15-16-8-7-9-17(14-16)22(28)24(2)3/h7-9,11-12,14,19H,5-6,10,13,15H2,1-4H3,(H,23,27)/t19-/m0/s1. The number of likely N-dealkylation sites (tertiary alicyclic amines) is 1. The Morgan fingerprint density at radius 1 is 1.18 bits per heavy atom. The number of carbonyl (C=O) groups excluding carboxylic acids is 2. The van der Waals surface area contributed by atoms with E-state index in [0.29, 0.717) is 5.69 Å². The highest BCUT2D eigenvalue weighted by molar-refractivity contribution is 5.94. The number of nitrogens with one attached hydrogen (secondary N) is 1. The molecule has 150 valence electrons. The zero-order chi connectivity index (χ0) is 20.3. The van der Waals surface area contributed by atoms with Crippen LogP contribution in [0.5, 0.6) is 0 Å². The molecule has 1 aromatic heterocycles. The molecule has 0 bridgehead atoms. The van der Waals surface area contributed by atoms with Crippen molar-refractivity contribution in [2.45, 2.75) is 31.8 Å². The third kappa shape index (κ3) is 4.12. The van der Waals surface area contributed by atoms with Crippen LogP contribution >= 0.6 is 0 Å². The summed E-state index contributed by atoms with van der Waals surface area (Å²) in [6.07, 6.45) is 3.42. The lowest BCUT2D eigenvalue weighted by molar-refractivity contribution is 0.0827. The van der Waals surface area contributed by atoms with Crippen molar-refractivity contribution >= 4 is 11.8 Å². The Labute approximate surface area is 167 Å². The molecule has 1 saturated heterocycles. The first-order chi connectivity index (χ1) is 13.4. The van der Waals surface area contributed by atoms with Gasteiger partial charge in [0.1, 0.15) is 5.69 Å². The number of amides is 2. The lowest BCUT2D eigenvalue weighted by Gasteiger charge is -2.36. The lowest BCUT2D eigenvalue weighted by Crippen LogP contribution is -2.34. The maximum Gasteiger partial charge on any atom is 0.267 e. The van der Waals surface area contributed by atoms with Crippen molar-refractivity contribution in [3.63, 3.8) is 0 Å². The number of hydrogen-bond acceptors (Lipinski definition) is 3. The summed E-state index contributed by atoms with van der Waals surface area (Å²) in [4.78, 5) is 28.4. The van der Waals surface area contributed by atoms with Crippen LogP contribution in [0.3, 0.4) is 0 Å². The second-order valence-corrected chi connectivity index (χ2v) is 7.66. The number of benzene rings is 1. The number of piperidine rings is 1. The number of nitrogens with zero attached hydrogens (tertiary/aromatic N) is 3. The van der Waals surface area contributed by atoms with Crippen molar-refractivity contribution in [1.82, 2.24) is 19.7 Å². The maximum absolute atomic E-state index is 12.3. The van der Waals surface area contributed by atoms with Crippen LogP contribution in [0.1, 0.15) is 57.4 Å². The van der Waals surface area contributed by atoms with E-state index in [1.807, 2.05) is 35.9 Å². The van der Waals surface area contributed by atoms with Gasteiger partial charge in [-0.15, -0.1) is 0 Å². The quantitative estimate of drug-likeness (QED) is 0.865. The number of rotatable bonds is 5. The molecule has 1 fully saturated rings. The number of carbonyl (C=O) groups is 2. The highest BCUT2D eigenvalue weighted by atomic mass is 16.2. The van der Waals surface area contributed by atoms with Gasteiger partial charge in [0.25, 0.3) is 11.8 Å². The minimum atomic E-state index is -0.0639. The molecule has 1 aromatic carbocycles. The molecule has 28 heavy (non-hydrogen) atoms. The third-order valence-electron chi connectivity index (χ3n) is 5.54. The van der Waals surface area contributed by atoms with Crippen molar-refractivity contribution in [3.8, 4) is 0 Å². The van der Waals surface area contributed by atoms with Gasteiger partial charge in [0.2, 0.25) is 0 Å². The maximum atomic E-state index is 12.3. The minimum Gasteiger partial charge on any atom is -0.354 e. The first-order valence-electron chi connectivity index (χ1n) is 9.84. The van der Waals surface area contributed by atoms with E-state index < -0.39 is 0 Å². The summed E-state index contributed by atoms with van der Waals surface area (Å²) < 4.78 is 2.01. The monoisotopic (exact) mass is 382 g/mol. The van der Waals surface area contributed by atoms with Gasteiger partial charge in [0.15, 0.2) is 0 Å². The fraction of sp³-hybridized carbons (Fsp3) is 0.455. The molecule has 0 aliphatic carbocycles. The second kappa shape index (κ2) is 8.61. The van der Waals surface area contributed by atoms with E-state index in [0.717, 1.165) is 30.6 Å². The van der Waals surface area contributed by atoms with Crippen LogP contribution in [0.2, 0.25) is 0 Å². The Kier molecular flexibility index (Phi) is 6.19. The molecule has 0 unspecified atom stereocenters. The number of hydrogen-bond donors (Lipinski definition) is 1. The number of aromatic nitrogens is 1. The summed E-state index contributed by atoms with van der Waals surface area (Å²) >= 11 is 0. The van der Waals surface area contributed by atoms with Crippen LogP contribution in [0.25, 0.3) is 0 Å². The zero-order valence-corrected chi connectivity index (χ0v) is 17.2. The fourth-order valence-corrected chi connectivity index (χ4v) is 4.03. The van der Waals surface area contributed by atoms with Crippen molar-refractivity contribution in [2.24, 2.45) is 7.05 Å². The molecule has 6 nitrogen and oxygen atoms in total. The topological polar surface area (TPSA) is 57.6 Å². The molecule has 2 aromatic rings. The van der Waals surface area contributed by atoms with Crippen molar-refractivity contribution in [1.29, 1.82) is 0 Å². The van der Waals surface area contributed by atoms with Gasteiger partial charge in [0.05, 0.1) is 6.04 Å². The van der Waals surface area contributed by atoms with Crippen LogP contribution in [-0.4, -0.2) is 53.9 Å². The average molecular weight is 383 g/mol. The van der Waals surface area contributed by atoms with E-state index in [9.17, 15) is 9.59 Å². The molecular weight excluding hydrogens is 352 g/mol. The van der Waals surface area contributed by atoms with E-state index >= 15 is 0 Å². The fourth-order valence-electron chi connectivity index (χ4n) is 4.03. The summed E-state index contributed by atoms with van der Waals surface area (Å²) in [7, 11) is 7.16. The average Bonchev–Trinajstić information content (AvgIpc) is 3.08. The van der Waals surface area contributed by atoms with Gasteiger partial charge < -0.3 is 14.8 Å². The lowest BCUT2D eigenvalue weighted by atomic mass is 9.98. The van der Waals surface area contributed by atoms with E-state index in [4.69, 9.17) is 0 Å². The van der Waals surface area contributed by atoms with Crippen molar-refractivity contribution < 1.29 is 9.59 Å². The largest absolute Gasteiger partial charge is 0.354 e. The SMILES string of the molecule is CNC(=O)c1ccc([C@@H]2CCCCN2Cc2cccc(C(=O)N(C)C)c2)n1C. The summed E-state index contributed by atoms with van der Waals surface area (Å²) in [5.74, 6) is -0.0410. The summed E-state index contributed by atoms with van der Waals surface area (Å²) in [6, 6.07) is 12.1. The Balaban J connectivity index is 1.83. The summed E-state index contributed by atoms with van der Waals surface area (Å²) in [5, 5.41) is 2.71. The molecule has 1 aliphatic heterocycles. The van der Waals surface area contributed by atoms with E-state index in [2.05, 4.69) is 22.3 Å². The van der Waals surface area contributed by atoms with Crippen molar-refractivity contribution in [2.75, 3.05) is 27.7 Å². The predicted octanol–water partition coefficient (Wildman–Crippen LogP) is 2.81. The van der Waals surface area contributed by atoms with E-state index in [1.165, 1.54) is 18.5 Å². The van der Waals surface area contributed by atoms with E-state index in [1.54, 1.807) is 26.0 Å². The molecule has 3 rings (SSSR count). The van der Waals surface area contributed by atoms with Crippen LogP contribution < -0.4 is 5.32 Å². The highest BCUT2D eigenvalue weighted by Crippen LogP contribution is 2.33. The molecule has 1 N–H and O–H groups in total. The van der Waals surface area contributed by atoms with Gasteiger partial charge in [-0.1, -0.05) is 18.6 Å².